The average molecular weight is 494 g/mol. The number of ether oxygens (including phenoxy) is 1. The number of rotatable bonds is 4. The molecule has 2 aromatic carbocycles. The largest absolute Gasteiger partial charge is 0.472 e. The number of carbonyl (C=O) groups excluding carboxylic acids is 1. The van der Waals surface area contributed by atoms with Gasteiger partial charge in [-0.15, -0.1) is 0 Å². The fourth-order valence-electron chi connectivity index (χ4n) is 4.63. The summed E-state index contributed by atoms with van der Waals surface area (Å²) in [7, 11) is -2.84. The van der Waals surface area contributed by atoms with Crippen LogP contribution in [0.3, 0.4) is 0 Å². The minimum absolute atomic E-state index is 0.225. The molecule has 1 aliphatic heterocycles. The SMILES string of the molecule is CC(C)(C)OC(=O)N1C[C@H](O[Si](c2ccccc2)(c2ccccc2)C(C)(C)C)C[C@H]1C#CC(=O)O. The van der Waals surface area contributed by atoms with Gasteiger partial charge in [-0.1, -0.05) is 87.4 Å². The van der Waals surface area contributed by atoms with Crippen molar-refractivity contribution in [1.29, 1.82) is 0 Å². The molecule has 0 aliphatic carbocycles. The average Bonchev–Trinajstić information content (AvgIpc) is 3.18. The Labute approximate surface area is 209 Å². The van der Waals surface area contributed by atoms with Gasteiger partial charge in [-0.2, -0.15) is 0 Å². The van der Waals surface area contributed by atoms with Gasteiger partial charge < -0.3 is 14.3 Å². The molecule has 186 valence electrons. The lowest BCUT2D eigenvalue weighted by Gasteiger charge is -2.44. The van der Waals surface area contributed by atoms with Crippen LogP contribution in [0.25, 0.3) is 0 Å². The highest BCUT2D eigenvalue weighted by atomic mass is 28.4. The summed E-state index contributed by atoms with van der Waals surface area (Å²) in [6.45, 7) is 12.3. The molecular formula is C28H35NO5Si. The Balaban J connectivity index is 2.05. The first-order chi connectivity index (χ1) is 16.3. The van der Waals surface area contributed by atoms with Crippen LogP contribution in [0.15, 0.2) is 60.7 Å². The van der Waals surface area contributed by atoms with Crippen molar-refractivity contribution in [2.45, 2.75) is 70.7 Å². The van der Waals surface area contributed by atoms with Crippen LogP contribution in [0.5, 0.6) is 0 Å². The van der Waals surface area contributed by atoms with E-state index >= 15 is 0 Å². The molecule has 7 heteroatoms. The summed E-state index contributed by atoms with van der Waals surface area (Å²) in [6.07, 6.45) is -0.443. The van der Waals surface area contributed by atoms with Crippen molar-refractivity contribution in [3.8, 4) is 11.8 Å². The van der Waals surface area contributed by atoms with E-state index in [2.05, 4.69) is 56.9 Å². The van der Waals surface area contributed by atoms with Crippen molar-refractivity contribution in [3.63, 3.8) is 0 Å². The van der Waals surface area contributed by atoms with E-state index in [1.807, 2.05) is 36.4 Å². The number of amides is 1. The zero-order chi connectivity index (χ0) is 25.9. The standard InChI is InChI=1S/C28H35NO5Si/c1-27(2,3)33-26(32)29-20-22(19-21(29)17-18-25(30)31)34-35(28(4,5)6,23-13-9-7-10-14-23)24-15-11-8-12-16-24/h7-16,21-22H,19-20H2,1-6H3,(H,30,31)/t21-,22-/m1/s1. The van der Waals surface area contributed by atoms with E-state index in [1.54, 1.807) is 20.8 Å². The number of benzene rings is 2. The van der Waals surface area contributed by atoms with Gasteiger partial charge in [0, 0.05) is 12.3 Å². The van der Waals surface area contributed by atoms with E-state index in [9.17, 15) is 9.59 Å². The zero-order valence-corrected chi connectivity index (χ0v) is 22.4. The van der Waals surface area contributed by atoms with Gasteiger partial charge in [0.05, 0.1) is 18.7 Å². The molecule has 2 aromatic rings. The first-order valence-corrected chi connectivity index (χ1v) is 13.8. The minimum Gasteiger partial charge on any atom is -0.472 e. The maximum Gasteiger partial charge on any atom is 0.411 e. The third kappa shape index (κ3) is 6.13. The van der Waals surface area contributed by atoms with Crippen LogP contribution in [0.4, 0.5) is 4.79 Å². The van der Waals surface area contributed by atoms with Crippen molar-refractivity contribution in [1.82, 2.24) is 4.90 Å². The Morgan fingerprint density at radius 3 is 1.89 bits per heavy atom. The van der Waals surface area contributed by atoms with E-state index in [-0.39, 0.29) is 17.7 Å². The van der Waals surface area contributed by atoms with E-state index in [0.29, 0.717) is 6.42 Å². The van der Waals surface area contributed by atoms with Gasteiger partial charge in [0.15, 0.2) is 0 Å². The highest BCUT2D eigenvalue weighted by molar-refractivity contribution is 6.99. The molecular weight excluding hydrogens is 458 g/mol. The first-order valence-electron chi connectivity index (χ1n) is 11.9. The molecule has 1 N–H and O–H groups in total. The summed E-state index contributed by atoms with van der Waals surface area (Å²) in [5.41, 5.74) is -0.682. The van der Waals surface area contributed by atoms with Crippen LogP contribution in [-0.4, -0.2) is 54.7 Å². The van der Waals surface area contributed by atoms with E-state index in [1.165, 1.54) is 4.90 Å². The van der Waals surface area contributed by atoms with Crippen molar-refractivity contribution in [2.24, 2.45) is 0 Å². The van der Waals surface area contributed by atoms with Crippen molar-refractivity contribution in [2.75, 3.05) is 6.54 Å². The fourth-order valence-corrected chi connectivity index (χ4v) is 9.31. The van der Waals surface area contributed by atoms with Gasteiger partial charge in [-0.3, -0.25) is 4.90 Å². The lowest BCUT2D eigenvalue weighted by atomic mass is 10.2. The van der Waals surface area contributed by atoms with E-state index in [4.69, 9.17) is 14.3 Å². The second-order valence-corrected chi connectivity index (χ2v) is 15.1. The van der Waals surface area contributed by atoms with Crippen LogP contribution in [0.2, 0.25) is 5.04 Å². The van der Waals surface area contributed by atoms with Crippen LogP contribution < -0.4 is 10.4 Å². The lowest BCUT2D eigenvalue weighted by molar-refractivity contribution is -0.130. The normalized spacial score (nSPS) is 18.5. The number of hydrogen-bond donors (Lipinski definition) is 1. The molecule has 1 amide bonds. The van der Waals surface area contributed by atoms with Gasteiger partial charge in [0.1, 0.15) is 5.60 Å². The molecule has 3 rings (SSSR count). The Morgan fingerprint density at radius 2 is 1.46 bits per heavy atom. The molecule has 0 radical (unpaired) electrons. The number of carbonyl (C=O) groups is 2. The Hall–Kier alpha value is -3.08. The summed E-state index contributed by atoms with van der Waals surface area (Å²) in [6, 6.07) is 20.0. The zero-order valence-electron chi connectivity index (χ0n) is 21.4. The maximum atomic E-state index is 13.0. The van der Waals surface area contributed by atoms with Gasteiger partial charge in [0.2, 0.25) is 0 Å². The third-order valence-corrected chi connectivity index (χ3v) is 11.1. The number of carboxylic acids is 1. The second kappa shape index (κ2) is 10.3. The summed E-state index contributed by atoms with van der Waals surface area (Å²) < 4.78 is 12.8. The number of nitrogens with zero attached hydrogens (tertiary/aromatic N) is 1. The Kier molecular flexibility index (Phi) is 7.78. The maximum absolute atomic E-state index is 13.0. The summed E-state index contributed by atoms with van der Waals surface area (Å²) in [5.74, 6) is 3.70. The van der Waals surface area contributed by atoms with Crippen LogP contribution in [0.1, 0.15) is 48.0 Å². The molecule has 35 heavy (non-hydrogen) atoms. The van der Waals surface area contributed by atoms with Gasteiger partial charge >= 0.3 is 12.1 Å². The van der Waals surface area contributed by atoms with Gasteiger partial charge in [-0.25, -0.2) is 9.59 Å². The Bertz CT molecular complexity index is 1050. The highest BCUT2D eigenvalue weighted by Crippen LogP contribution is 2.39. The Morgan fingerprint density at radius 1 is 0.943 bits per heavy atom. The topological polar surface area (TPSA) is 76.1 Å². The summed E-state index contributed by atoms with van der Waals surface area (Å²) in [4.78, 5) is 25.7. The molecule has 1 aliphatic rings. The van der Waals surface area contributed by atoms with Crippen molar-refractivity contribution < 1.29 is 23.9 Å². The molecule has 6 nitrogen and oxygen atoms in total. The van der Waals surface area contributed by atoms with E-state index in [0.717, 1.165) is 10.4 Å². The van der Waals surface area contributed by atoms with Crippen LogP contribution in [0, 0.1) is 11.8 Å². The van der Waals surface area contributed by atoms with Crippen molar-refractivity contribution in [3.05, 3.63) is 60.7 Å². The van der Waals surface area contributed by atoms with Crippen LogP contribution >= 0.6 is 0 Å². The molecule has 1 saturated heterocycles. The summed E-state index contributed by atoms with van der Waals surface area (Å²) in [5, 5.41) is 11.2. The van der Waals surface area contributed by atoms with Crippen LogP contribution in [-0.2, 0) is 14.0 Å². The number of aliphatic carboxylic acids is 1. The molecule has 0 unspecified atom stereocenters. The monoisotopic (exact) mass is 493 g/mol. The fraction of sp³-hybridized carbons (Fsp3) is 0.429. The van der Waals surface area contributed by atoms with E-state index < -0.39 is 32.0 Å². The summed E-state index contributed by atoms with van der Waals surface area (Å²) >= 11 is 0. The van der Waals surface area contributed by atoms with Gasteiger partial charge in [-0.05, 0) is 36.2 Å². The van der Waals surface area contributed by atoms with Crippen molar-refractivity contribution >= 4 is 30.8 Å². The second-order valence-electron chi connectivity index (χ2n) is 10.9. The smallest absolute Gasteiger partial charge is 0.411 e. The first kappa shape index (κ1) is 26.5. The lowest BCUT2D eigenvalue weighted by Crippen LogP contribution is -2.67. The number of likely N-dealkylation sites (tertiary alicyclic amines) is 1. The predicted octanol–water partition coefficient (Wildman–Crippen LogP) is 4.03. The molecule has 0 bridgehead atoms. The predicted molar refractivity (Wildman–Crippen MR) is 139 cm³/mol. The molecule has 2 atom stereocenters. The molecule has 1 fully saturated rings. The highest BCUT2D eigenvalue weighted by Gasteiger charge is 2.53. The molecule has 0 spiro atoms. The molecule has 0 saturated carbocycles. The third-order valence-electron chi connectivity index (χ3n) is 6.00. The number of carboxylic acid groups (broad SMARTS) is 1. The number of hydrogen-bond acceptors (Lipinski definition) is 4. The van der Waals surface area contributed by atoms with Gasteiger partial charge in [0.25, 0.3) is 8.32 Å². The molecule has 1 heterocycles. The quantitative estimate of drug-likeness (QED) is 0.514. The molecule has 0 aromatic heterocycles. The minimum atomic E-state index is -2.84.